The first kappa shape index (κ1) is 33.8. The Morgan fingerprint density at radius 1 is 0.692 bits per heavy atom. The van der Waals surface area contributed by atoms with Gasteiger partial charge in [0.05, 0.1) is 26.6 Å². The number of rotatable bonds is 2. The maximum Gasteiger partial charge on any atom is 0.302 e. The largest absolute Gasteiger partial charge is 0.444 e. The Balaban J connectivity index is -0.0000000752. The van der Waals surface area contributed by atoms with E-state index in [-0.39, 0.29) is 35.1 Å². The van der Waals surface area contributed by atoms with E-state index in [4.69, 9.17) is 61.3 Å². The number of hydrogen-bond acceptors (Lipinski definition) is 16. The fourth-order valence-electron chi connectivity index (χ4n) is 0.389. The molecule has 0 amide bonds. The maximum atomic E-state index is 9.59. The molecule has 21 nitrogen and oxygen atoms in total. The number of nitrogens with zero attached hydrogens (tertiary/aromatic N) is 5. The van der Waals surface area contributed by atoms with Crippen LogP contribution in [0.15, 0.2) is 22.8 Å². The van der Waals surface area contributed by atoms with Crippen molar-refractivity contribution in [2.24, 2.45) is 0 Å². The molecule has 0 atom stereocenters. The summed E-state index contributed by atoms with van der Waals surface area (Å²) in [5.41, 5.74) is 0. The zero-order valence-corrected chi connectivity index (χ0v) is 14.8. The minimum absolute atomic E-state index is 0. The molecule has 0 N–H and O–H groups in total. The third-order valence-electron chi connectivity index (χ3n) is 0.660. The molecule has 26 heavy (non-hydrogen) atoms. The second kappa shape index (κ2) is 23.5. The molecule has 1 rings (SSSR count). The van der Waals surface area contributed by atoms with E-state index in [1.54, 1.807) is 0 Å². The Kier molecular flexibility index (Phi) is 30.6. The SMILES string of the molecule is O=[N+]([O-])Oc1ccco1.O=[N+]([O-])[O-].O=[N+]([O-])[O-].O=[N+]([O-])[O-].O=[N+]([O-])[O-].[Pu]. The third-order valence-corrected chi connectivity index (χ3v) is 0.660. The van der Waals surface area contributed by atoms with Crippen LogP contribution in [-0.2, 0) is 0 Å². The van der Waals surface area contributed by atoms with Crippen LogP contribution < -0.4 is 4.84 Å². The van der Waals surface area contributed by atoms with E-state index >= 15 is 0 Å². The molecule has 0 aliphatic rings. The summed E-state index contributed by atoms with van der Waals surface area (Å²) in [6.45, 7) is 0. The molecular formula is C4H3N5O16Pu-4. The van der Waals surface area contributed by atoms with Crippen LogP contribution >= 0.6 is 0 Å². The van der Waals surface area contributed by atoms with Crippen LogP contribution in [0.2, 0.25) is 0 Å². The van der Waals surface area contributed by atoms with Crippen molar-refractivity contribution < 1.29 is 63.9 Å². The smallest absolute Gasteiger partial charge is 0.302 e. The van der Waals surface area contributed by atoms with Gasteiger partial charge in [-0.25, -0.2) is 4.84 Å². The first-order valence-corrected chi connectivity index (χ1v) is 4.34. The maximum absolute atomic E-state index is 9.59. The van der Waals surface area contributed by atoms with Gasteiger partial charge >= 0.3 is 5.09 Å². The monoisotopic (exact) mass is 615 g/mol. The summed E-state index contributed by atoms with van der Waals surface area (Å²) in [7, 11) is 0. The fraction of sp³-hybridized carbons (Fsp3) is 0. The van der Waals surface area contributed by atoms with Crippen molar-refractivity contribution in [3.05, 3.63) is 89.8 Å². The van der Waals surface area contributed by atoms with Crippen LogP contribution in [0, 0.1) is 101 Å². The van der Waals surface area contributed by atoms with E-state index in [1.165, 1.54) is 18.4 Å². The van der Waals surface area contributed by atoms with Crippen LogP contribution in [0.4, 0.5) is 0 Å². The van der Waals surface area contributed by atoms with Gasteiger partial charge < -0.3 is 65.7 Å². The van der Waals surface area contributed by atoms with E-state index in [0.717, 1.165) is 0 Å². The van der Waals surface area contributed by atoms with Gasteiger partial charge in [-0.15, -0.1) is 10.1 Å². The normalized spacial score (nSPS) is 6.77. The average molecular weight is 621 g/mol. The van der Waals surface area contributed by atoms with E-state index < -0.39 is 25.4 Å². The second-order valence-corrected chi connectivity index (χ2v) is 2.14. The Hall–Kier alpha value is -3.73. The molecular weight excluding hydrogens is 618 g/mol. The molecule has 0 aromatic carbocycles. The first-order valence-electron chi connectivity index (χ1n) is 4.34. The molecule has 0 bridgehead atoms. The van der Waals surface area contributed by atoms with Gasteiger partial charge in [-0.05, 0) is 6.07 Å². The molecule has 0 saturated carbocycles. The summed E-state index contributed by atoms with van der Waals surface area (Å²) < 4.78 is 4.48. The van der Waals surface area contributed by atoms with Gasteiger partial charge in [0.1, 0.15) is 0 Å². The van der Waals surface area contributed by atoms with Gasteiger partial charge in [0.2, 0.25) is 0 Å². The summed E-state index contributed by atoms with van der Waals surface area (Å²) in [4.78, 5) is 46.5. The summed E-state index contributed by atoms with van der Waals surface area (Å²) in [5.74, 6) is -0.111. The zero-order chi connectivity index (χ0) is 21.0. The molecule has 0 radical (unpaired) electrons. The summed E-state index contributed by atoms with van der Waals surface area (Å²) in [6, 6.07) is 2.85. The van der Waals surface area contributed by atoms with Gasteiger partial charge in [0, 0.05) is 35.2 Å². The minimum atomic E-state index is -1.75. The Morgan fingerprint density at radius 2 is 0.962 bits per heavy atom. The van der Waals surface area contributed by atoms with Crippen LogP contribution in [-0.4, -0.2) is 25.4 Å². The Bertz CT molecular complexity index is 453. The van der Waals surface area contributed by atoms with E-state index in [9.17, 15) is 10.1 Å². The fourth-order valence-corrected chi connectivity index (χ4v) is 0.389. The average Bonchev–Trinajstić information content (AvgIpc) is 2.77. The molecule has 0 spiro atoms. The van der Waals surface area contributed by atoms with E-state index in [2.05, 4.69) is 9.25 Å². The van der Waals surface area contributed by atoms with Crippen LogP contribution in [0.1, 0.15) is 0 Å². The summed E-state index contributed by atoms with van der Waals surface area (Å²) >= 11 is 0. The van der Waals surface area contributed by atoms with Crippen molar-refractivity contribution in [1.29, 1.82) is 0 Å². The molecule has 0 aliphatic carbocycles. The minimum Gasteiger partial charge on any atom is -0.444 e. The Labute approximate surface area is 160 Å². The molecule has 0 saturated heterocycles. The molecule has 1 heterocycles. The summed E-state index contributed by atoms with van der Waals surface area (Å²) in [6.07, 6.45) is 1.29. The van der Waals surface area contributed by atoms with Crippen molar-refractivity contribution in [1.82, 2.24) is 0 Å². The van der Waals surface area contributed by atoms with E-state index in [0.29, 0.717) is 0 Å². The van der Waals surface area contributed by atoms with Gasteiger partial charge in [-0.2, -0.15) is 0 Å². The molecule has 0 unspecified atom stereocenters. The zero-order valence-electron chi connectivity index (χ0n) is 11.4. The van der Waals surface area contributed by atoms with Gasteiger partial charge in [0.25, 0.3) is 5.95 Å². The number of furan rings is 1. The molecule has 1 aromatic rings. The van der Waals surface area contributed by atoms with Crippen molar-refractivity contribution in [2.75, 3.05) is 0 Å². The predicted octanol–water partition coefficient (Wildman–Crippen LogP) is -0.106. The van der Waals surface area contributed by atoms with Crippen molar-refractivity contribution in [3.63, 3.8) is 0 Å². The number of hydrogen-bond donors (Lipinski definition) is 0. The van der Waals surface area contributed by atoms with Crippen molar-refractivity contribution in [2.45, 2.75) is 0 Å². The van der Waals surface area contributed by atoms with Crippen LogP contribution in [0.5, 0.6) is 5.95 Å². The molecule has 0 aliphatic heterocycles. The second-order valence-electron chi connectivity index (χ2n) is 2.14. The van der Waals surface area contributed by atoms with Crippen LogP contribution in [0.3, 0.4) is 0 Å². The van der Waals surface area contributed by atoms with Gasteiger partial charge in [-0.1, -0.05) is 0 Å². The van der Waals surface area contributed by atoms with E-state index in [1.807, 2.05) is 0 Å². The Morgan fingerprint density at radius 3 is 1.12 bits per heavy atom. The third kappa shape index (κ3) is 142. The quantitative estimate of drug-likeness (QED) is 0.307. The molecule has 22 heteroatoms. The topological polar surface area (TPSA) is 330 Å². The first-order chi connectivity index (χ1) is 11.2. The van der Waals surface area contributed by atoms with Crippen LogP contribution in [0.25, 0.3) is 0 Å². The predicted molar refractivity (Wildman–Crippen MR) is 67.8 cm³/mol. The van der Waals surface area contributed by atoms with Gasteiger partial charge in [0.15, 0.2) is 0 Å². The van der Waals surface area contributed by atoms with Crippen molar-refractivity contribution >= 4 is 0 Å². The summed E-state index contributed by atoms with van der Waals surface area (Å²) in [5, 5.41) is 67.7. The molecule has 150 valence electrons. The van der Waals surface area contributed by atoms with Gasteiger partial charge in [-0.3, -0.25) is 0 Å². The standard InChI is InChI=1S/C4H3NO4.4NO3.Pu/c6-5(7)9-4-2-1-3-8-4;4*2-1(3)4;/h1-3H;;;;;/q;4*-1;. The van der Waals surface area contributed by atoms with Crippen molar-refractivity contribution in [3.8, 4) is 5.95 Å². The molecule has 0 fully saturated rings. The molecule has 1 aromatic heterocycles.